The number of hydrogen-bond donors (Lipinski definition) is 0. The second-order valence-electron chi connectivity index (χ2n) is 6.52. The van der Waals surface area contributed by atoms with Gasteiger partial charge in [-0.25, -0.2) is 0 Å². The van der Waals surface area contributed by atoms with Crippen LogP contribution in [0.5, 0.6) is 5.75 Å². The van der Waals surface area contributed by atoms with Crippen molar-refractivity contribution >= 4 is 5.57 Å². The Balaban J connectivity index is 2.30. The minimum absolute atomic E-state index is 0.224. The van der Waals surface area contributed by atoms with Crippen molar-refractivity contribution in [3.8, 4) is 11.8 Å². The topological polar surface area (TPSA) is 60.0 Å². The second kappa shape index (κ2) is 5.44. The first-order valence-corrected chi connectivity index (χ1v) is 7.51. The van der Waals surface area contributed by atoms with Crippen molar-refractivity contribution in [2.45, 2.75) is 20.8 Å². The third kappa shape index (κ3) is 2.78. The average molecular weight is 306 g/mol. The van der Waals surface area contributed by atoms with Crippen molar-refractivity contribution in [2.24, 2.45) is 5.41 Å². The monoisotopic (exact) mass is 306 g/mol. The van der Waals surface area contributed by atoms with Crippen LogP contribution in [-0.2, 0) is 0 Å². The van der Waals surface area contributed by atoms with Crippen molar-refractivity contribution in [2.75, 3.05) is 6.61 Å². The van der Waals surface area contributed by atoms with Crippen LogP contribution in [0.4, 0.5) is 0 Å². The van der Waals surface area contributed by atoms with Gasteiger partial charge in [-0.05, 0) is 30.7 Å². The molecule has 0 aliphatic carbocycles. The van der Waals surface area contributed by atoms with Gasteiger partial charge in [-0.15, -0.1) is 0 Å². The molecule has 0 fully saturated rings. The van der Waals surface area contributed by atoms with Gasteiger partial charge >= 0.3 is 0 Å². The molecule has 23 heavy (non-hydrogen) atoms. The molecule has 0 N–H and O–H groups in total. The normalized spacial score (nSPS) is 15.7. The zero-order valence-electron chi connectivity index (χ0n) is 13.5. The lowest BCUT2D eigenvalue weighted by molar-refractivity contribution is -0.607. The summed E-state index contributed by atoms with van der Waals surface area (Å²) in [5, 5.41) is 21.6. The molecule has 0 amide bonds. The van der Waals surface area contributed by atoms with Crippen molar-refractivity contribution < 1.29 is 9.47 Å². The van der Waals surface area contributed by atoms with Crippen LogP contribution in [-0.4, -0.2) is 6.61 Å². The number of pyridine rings is 1. The summed E-state index contributed by atoms with van der Waals surface area (Å²) in [6, 6.07) is 11.2. The summed E-state index contributed by atoms with van der Waals surface area (Å²) < 4.78 is 6.81. The Morgan fingerprint density at radius 2 is 2.09 bits per heavy atom. The van der Waals surface area contributed by atoms with E-state index in [1.807, 2.05) is 25.1 Å². The Hall–Kier alpha value is -2.80. The molecule has 1 aromatic heterocycles. The lowest BCUT2D eigenvalue weighted by atomic mass is 9.88. The Kier molecular flexibility index (Phi) is 3.57. The Morgan fingerprint density at radius 1 is 1.30 bits per heavy atom. The van der Waals surface area contributed by atoms with E-state index < -0.39 is 0 Å². The third-order valence-corrected chi connectivity index (χ3v) is 3.97. The maximum absolute atomic E-state index is 12.2. The molecule has 4 nitrogen and oxygen atoms in total. The maximum atomic E-state index is 12.2. The molecule has 116 valence electrons. The van der Waals surface area contributed by atoms with E-state index in [1.165, 1.54) is 6.20 Å². The molecule has 4 heteroatoms. The molecule has 1 aromatic carbocycles. The van der Waals surface area contributed by atoms with E-state index in [2.05, 4.69) is 26.0 Å². The fraction of sp³-hybridized carbons (Fsp3) is 0.263. The number of hydrogen-bond acceptors (Lipinski definition) is 3. The Bertz CT molecular complexity index is 845. The van der Waals surface area contributed by atoms with Gasteiger partial charge in [0.1, 0.15) is 5.75 Å². The first kappa shape index (κ1) is 15.1. The summed E-state index contributed by atoms with van der Waals surface area (Å²) in [4.78, 5) is 0. The zero-order chi connectivity index (χ0) is 16.6. The fourth-order valence-electron chi connectivity index (χ4n) is 2.75. The smallest absolute Gasteiger partial charge is 0.224 e. The number of nitrogens with zero attached hydrogens (tertiary/aromatic N) is 2. The number of rotatable bonds is 1. The molecule has 0 saturated carbocycles. The number of aromatic nitrogens is 1. The predicted molar refractivity (Wildman–Crippen MR) is 87.7 cm³/mol. The van der Waals surface area contributed by atoms with Crippen molar-refractivity contribution in [3.05, 3.63) is 70.2 Å². The average Bonchev–Trinajstić information content (AvgIpc) is 2.63. The molecular weight excluding hydrogens is 288 g/mol. The highest BCUT2D eigenvalue weighted by molar-refractivity contribution is 5.82. The van der Waals surface area contributed by atoms with Crippen LogP contribution in [0.15, 0.2) is 42.6 Å². The predicted octanol–water partition coefficient (Wildman–Crippen LogP) is 3.35. The third-order valence-electron chi connectivity index (χ3n) is 3.97. The summed E-state index contributed by atoms with van der Waals surface area (Å²) in [5.41, 5.74) is 3.38. The Morgan fingerprint density at radius 3 is 2.78 bits per heavy atom. The molecule has 2 aromatic rings. The number of nitriles is 1. The molecule has 1 aliphatic rings. The highest BCUT2D eigenvalue weighted by Gasteiger charge is 2.28. The maximum Gasteiger partial charge on any atom is 0.224 e. The van der Waals surface area contributed by atoms with E-state index in [0.29, 0.717) is 23.6 Å². The van der Waals surface area contributed by atoms with Gasteiger partial charge in [-0.2, -0.15) is 9.99 Å². The summed E-state index contributed by atoms with van der Waals surface area (Å²) in [6.45, 7) is 6.53. The minimum atomic E-state index is -0.224. The number of aryl methyl sites for hydroxylation is 1. The van der Waals surface area contributed by atoms with Crippen molar-refractivity contribution in [3.63, 3.8) is 0 Å². The van der Waals surface area contributed by atoms with Crippen molar-refractivity contribution in [1.82, 2.24) is 0 Å². The van der Waals surface area contributed by atoms with E-state index in [-0.39, 0.29) is 5.41 Å². The van der Waals surface area contributed by atoms with Gasteiger partial charge in [-0.3, -0.25) is 0 Å². The standard InChI is InChI=1S/C19H18N2O2/c1-13-8-18-15(9-14(13)11-20)16(10-19(2,3)12-23-18)17-6-4-5-7-21(17)22/h4-10H,12H2,1-3H3. The fourth-order valence-corrected chi connectivity index (χ4v) is 2.75. The zero-order valence-corrected chi connectivity index (χ0v) is 13.5. The van der Waals surface area contributed by atoms with Crippen molar-refractivity contribution in [1.29, 1.82) is 5.26 Å². The second-order valence-corrected chi connectivity index (χ2v) is 6.52. The lowest BCUT2D eigenvalue weighted by Crippen LogP contribution is -2.30. The van der Waals surface area contributed by atoms with Gasteiger partial charge in [0.25, 0.3) is 0 Å². The highest BCUT2D eigenvalue weighted by Crippen LogP contribution is 2.38. The highest BCUT2D eigenvalue weighted by atomic mass is 16.5. The van der Waals surface area contributed by atoms with Crippen LogP contribution in [0.2, 0.25) is 0 Å². The molecule has 0 radical (unpaired) electrons. The molecule has 1 aliphatic heterocycles. The van der Waals surface area contributed by atoms with Crippen LogP contribution in [0.1, 0.15) is 36.2 Å². The number of benzene rings is 1. The largest absolute Gasteiger partial charge is 0.618 e. The molecule has 2 heterocycles. The van der Waals surface area contributed by atoms with E-state index in [0.717, 1.165) is 21.4 Å². The van der Waals surface area contributed by atoms with E-state index in [1.54, 1.807) is 12.1 Å². The summed E-state index contributed by atoms with van der Waals surface area (Å²) in [6.07, 6.45) is 3.53. The van der Waals surface area contributed by atoms with Gasteiger partial charge in [-0.1, -0.05) is 19.9 Å². The molecule has 0 saturated heterocycles. The molecule has 0 spiro atoms. The van der Waals surface area contributed by atoms with Crippen LogP contribution in [0.25, 0.3) is 5.57 Å². The SMILES string of the molecule is Cc1cc2c(cc1C#N)C(c1cccc[n+]1[O-])=CC(C)(C)CO2. The van der Waals surface area contributed by atoms with Gasteiger partial charge < -0.3 is 9.94 Å². The van der Waals surface area contributed by atoms with Gasteiger partial charge in [0, 0.05) is 23.1 Å². The number of fused-ring (bicyclic) bond motifs is 1. The van der Waals surface area contributed by atoms with Crippen LogP contribution in [0, 0.1) is 28.9 Å². The molecule has 0 bridgehead atoms. The first-order chi connectivity index (χ1) is 10.9. The van der Waals surface area contributed by atoms with E-state index >= 15 is 0 Å². The first-order valence-electron chi connectivity index (χ1n) is 7.51. The summed E-state index contributed by atoms with van der Waals surface area (Å²) in [7, 11) is 0. The summed E-state index contributed by atoms with van der Waals surface area (Å²) in [5.74, 6) is 0.710. The van der Waals surface area contributed by atoms with Gasteiger partial charge in [0.05, 0.1) is 23.8 Å². The Labute approximate surface area is 135 Å². The van der Waals surface area contributed by atoms with Crippen LogP contribution >= 0.6 is 0 Å². The number of ether oxygens (including phenoxy) is 1. The van der Waals surface area contributed by atoms with Crippen LogP contribution < -0.4 is 9.47 Å². The summed E-state index contributed by atoms with van der Waals surface area (Å²) >= 11 is 0. The van der Waals surface area contributed by atoms with E-state index in [9.17, 15) is 10.5 Å². The lowest BCUT2D eigenvalue weighted by Gasteiger charge is -2.18. The molecule has 3 rings (SSSR count). The van der Waals surface area contributed by atoms with Gasteiger partial charge in [0.15, 0.2) is 6.20 Å². The van der Waals surface area contributed by atoms with Gasteiger partial charge in [0.2, 0.25) is 5.69 Å². The molecule has 0 unspecified atom stereocenters. The quantitative estimate of drug-likeness (QED) is 0.599. The molecular formula is C19H18N2O2. The minimum Gasteiger partial charge on any atom is -0.618 e. The van der Waals surface area contributed by atoms with E-state index in [4.69, 9.17) is 4.74 Å². The van der Waals surface area contributed by atoms with Crippen LogP contribution in [0.3, 0.4) is 0 Å². The molecule has 0 atom stereocenters.